The van der Waals surface area contributed by atoms with Crippen LogP contribution in [0, 0.1) is 11.3 Å². The number of Topliss-reactive ketones (excluding diaryl/α,β-unsaturated/α-hetero) is 1. The van der Waals surface area contributed by atoms with Gasteiger partial charge in [-0.05, 0) is 24.7 Å². The van der Waals surface area contributed by atoms with Gasteiger partial charge in [-0.2, -0.15) is 0 Å². The summed E-state index contributed by atoms with van der Waals surface area (Å²) >= 11 is 0. The van der Waals surface area contributed by atoms with Gasteiger partial charge in [0.2, 0.25) is 0 Å². The molecule has 0 saturated heterocycles. The third-order valence-corrected chi connectivity index (χ3v) is 3.97. The number of carbonyl (C=O) groups excluding carboxylic acids is 2. The summed E-state index contributed by atoms with van der Waals surface area (Å²) in [5, 5.41) is 0. The fourth-order valence-electron chi connectivity index (χ4n) is 3.15. The van der Waals surface area contributed by atoms with E-state index in [2.05, 4.69) is 4.74 Å². The molecule has 0 N–H and O–H groups in total. The van der Waals surface area contributed by atoms with Crippen molar-refractivity contribution in [3.8, 4) is 0 Å². The van der Waals surface area contributed by atoms with E-state index in [1.807, 2.05) is 0 Å². The Morgan fingerprint density at radius 1 is 1.33 bits per heavy atom. The third-order valence-electron chi connectivity index (χ3n) is 3.97. The van der Waals surface area contributed by atoms with Crippen LogP contribution in [0.5, 0.6) is 0 Å². The number of methoxy groups -OCH3 is 1. The van der Waals surface area contributed by atoms with Crippen molar-refractivity contribution in [1.82, 2.24) is 0 Å². The molecule has 3 heteroatoms. The van der Waals surface area contributed by atoms with Crippen LogP contribution in [-0.4, -0.2) is 18.9 Å². The van der Waals surface area contributed by atoms with Crippen LogP contribution < -0.4 is 0 Å². The predicted molar refractivity (Wildman–Crippen MR) is 55.3 cm³/mol. The first kappa shape index (κ1) is 10.7. The zero-order valence-electron chi connectivity index (χ0n) is 9.25. The number of hydrogen-bond acceptors (Lipinski definition) is 3. The molecule has 0 aromatic rings. The molecule has 1 spiro atoms. The second-order valence-electron chi connectivity index (χ2n) is 4.98. The molecule has 1 atom stereocenters. The Hall–Kier alpha value is -0.860. The summed E-state index contributed by atoms with van der Waals surface area (Å²) < 4.78 is 4.68. The monoisotopic (exact) mass is 210 g/mol. The van der Waals surface area contributed by atoms with E-state index in [1.165, 1.54) is 26.4 Å². The molecule has 0 aromatic heterocycles. The average Bonchev–Trinajstić information content (AvgIpc) is 2.55. The lowest BCUT2D eigenvalue weighted by Crippen LogP contribution is -2.22. The van der Waals surface area contributed by atoms with Crippen LogP contribution in [0.4, 0.5) is 0 Å². The smallest absolute Gasteiger partial charge is 0.316 e. The number of ketones is 1. The van der Waals surface area contributed by atoms with Gasteiger partial charge in [0.25, 0.3) is 0 Å². The van der Waals surface area contributed by atoms with E-state index < -0.39 is 5.92 Å². The molecule has 84 valence electrons. The number of ether oxygens (including phenoxy) is 1. The number of hydrogen-bond donors (Lipinski definition) is 0. The summed E-state index contributed by atoms with van der Waals surface area (Å²) in [7, 11) is 1.36. The largest absolute Gasteiger partial charge is 0.468 e. The average molecular weight is 210 g/mol. The summed E-state index contributed by atoms with van der Waals surface area (Å²) in [6.45, 7) is 0. The lowest BCUT2D eigenvalue weighted by molar-refractivity contribution is -0.148. The highest BCUT2D eigenvalue weighted by Gasteiger charge is 2.47. The summed E-state index contributed by atoms with van der Waals surface area (Å²) in [6, 6.07) is 0. The van der Waals surface area contributed by atoms with Gasteiger partial charge in [-0.25, -0.2) is 0 Å². The summed E-state index contributed by atoms with van der Waals surface area (Å²) in [5.74, 6) is -0.695. The molecule has 0 radical (unpaired) electrons. The highest BCUT2D eigenvalue weighted by atomic mass is 16.5. The molecule has 0 unspecified atom stereocenters. The van der Waals surface area contributed by atoms with E-state index in [0.717, 1.165) is 19.3 Å². The minimum atomic E-state index is -0.465. The zero-order chi connectivity index (χ0) is 10.9. The lowest BCUT2D eigenvalue weighted by atomic mass is 9.72. The third kappa shape index (κ3) is 1.92. The molecule has 0 heterocycles. The van der Waals surface area contributed by atoms with Crippen molar-refractivity contribution >= 4 is 11.8 Å². The van der Waals surface area contributed by atoms with Gasteiger partial charge in [0.05, 0.1) is 7.11 Å². The maximum atomic E-state index is 11.7. The van der Waals surface area contributed by atoms with Crippen LogP contribution in [0.1, 0.15) is 44.9 Å². The van der Waals surface area contributed by atoms with Crippen molar-refractivity contribution in [3.05, 3.63) is 0 Å². The van der Waals surface area contributed by atoms with Crippen LogP contribution in [0.25, 0.3) is 0 Å². The molecule has 0 aliphatic heterocycles. The first-order chi connectivity index (χ1) is 7.17. The van der Waals surface area contributed by atoms with Crippen molar-refractivity contribution in [2.75, 3.05) is 7.11 Å². The molecule has 2 rings (SSSR count). The van der Waals surface area contributed by atoms with Gasteiger partial charge < -0.3 is 4.74 Å². The Labute approximate surface area is 90.2 Å². The predicted octanol–water partition coefficient (Wildman–Crippen LogP) is 2.09. The molecule has 2 aliphatic rings. The number of rotatable bonds is 1. The Balaban J connectivity index is 2.08. The van der Waals surface area contributed by atoms with Crippen LogP contribution in [0.15, 0.2) is 0 Å². The van der Waals surface area contributed by atoms with Gasteiger partial charge >= 0.3 is 5.97 Å². The zero-order valence-corrected chi connectivity index (χ0v) is 9.25. The molecule has 2 saturated carbocycles. The molecule has 3 nitrogen and oxygen atoms in total. The highest BCUT2D eigenvalue weighted by molar-refractivity contribution is 6.01. The van der Waals surface area contributed by atoms with Crippen molar-refractivity contribution in [1.29, 1.82) is 0 Å². The standard InChI is InChI=1S/C12H18O3/c1-15-11(14)9-7-12(8-10(9)13)5-3-2-4-6-12/h9H,2-8H2,1H3/t9-/m1/s1. The van der Waals surface area contributed by atoms with Gasteiger partial charge in [0, 0.05) is 6.42 Å². The molecular formula is C12H18O3. The van der Waals surface area contributed by atoms with Gasteiger partial charge in [-0.1, -0.05) is 19.3 Å². The maximum absolute atomic E-state index is 11.7. The molecule has 2 aliphatic carbocycles. The number of esters is 1. The van der Waals surface area contributed by atoms with Crippen molar-refractivity contribution < 1.29 is 14.3 Å². The molecule has 2 fully saturated rings. The second-order valence-corrected chi connectivity index (χ2v) is 4.98. The van der Waals surface area contributed by atoms with Crippen LogP contribution in [-0.2, 0) is 14.3 Å². The van der Waals surface area contributed by atoms with Crippen LogP contribution in [0.2, 0.25) is 0 Å². The summed E-state index contributed by atoms with van der Waals surface area (Å²) in [6.07, 6.45) is 7.27. The van der Waals surface area contributed by atoms with Crippen molar-refractivity contribution in [3.63, 3.8) is 0 Å². The van der Waals surface area contributed by atoms with Gasteiger partial charge in [-0.15, -0.1) is 0 Å². The summed E-state index contributed by atoms with van der Waals surface area (Å²) in [4.78, 5) is 23.2. The van der Waals surface area contributed by atoms with Gasteiger partial charge in [0.15, 0.2) is 0 Å². The lowest BCUT2D eigenvalue weighted by Gasteiger charge is -2.32. The Bertz CT molecular complexity index is 277. The van der Waals surface area contributed by atoms with E-state index in [9.17, 15) is 9.59 Å². The minimum absolute atomic E-state index is 0.101. The van der Waals surface area contributed by atoms with Crippen molar-refractivity contribution in [2.24, 2.45) is 11.3 Å². The Morgan fingerprint density at radius 3 is 2.60 bits per heavy atom. The Kier molecular flexibility index (Phi) is 2.81. The normalized spacial score (nSPS) is 29.4. The van der Waals surface area contributed by atoms with Crippen molar-refractivity contribution in [2.45, 2.75) is 44.9 Å². The maximum Gasteiger partial charge on any atom is 0.316 e. The van der Waals surface area contributed by atoms with E-state index >= 15 is 0 Å². The Morgan fingerprint density at radius 2 is 2.00 bits per heavy atom. The van der Waals surface area contributed by atoms with E-state index in [-0.39, 0.29) is 17.2 Å². The quantitative estimate of drug-likeness (QED) is 0.491. The first-order valence-electron chi connectivity index (χ1n) is 5.77. The molecular weight excluding hydrogens is 192 g/mol. The van der Waals surface area contributed by atoms with Gasteiger partial charge in [-0.3, -0.25) is 9.59 Å². The SMILES string of the molecule is COC(=O)[C@@H]1CC2(CCCCC2)CC1=O. The van der Waals surface area contributed by atoms with E-state index in [4.69, 9.17) is 0 Å². The van der Waals surface area contributed by atoms with Gasteiger partial charge in [0.1, 0.15) is 11.7 Å². The van der Waals surface area contributed by atoms with Crippen LogP contribution in [0.3, 0.4) is 0 Å². The minimum Gasteiger partial charge on any atom is -0.468 e. The molecule has 0 bridgehead atoms. The molecule has 15 heavy (non-hydrogen) atoms. The second kappa shape index (κ2) is 3.95. The van der Waals surface area contributed by atoms with E-state index in [0.29, 0.717) is 6.42 Å². The fourth-order valence-corrected chi connectivity index (χ4v) is 3.15. The highest BCUT2D eigenvalue weighted by Crippen LogP contribution is 2.49. The first-order valence-corrected chi connectivity index (χ1v) is 5.77. The summed E-state index contributed by atoms with van der Waals surface area (Å²) in [5.41, 5.74) is 0.147. The molecule has 0 aromatic carbocycles. The fraction of sp³-hybridized carbons (Fsp3) is 0.833. The topological polar surface area (TPSA) is 43.4 Å². The number of carbonyl (C=O) groups is 2. The van der Waals surface area contributed by atoms with Crippen LogP contribution >= 0.6 is 0 Å². The van der Waals surface area contributed by atoms with E-state index in [1.54, 1.807) is 0 Å². The molecule has 0 amide bonds.